The van der Waals surface area contributed by atoms with Crippen LogP contribution in [0.15, 0.2) is 35.9 Å². The normalized spacial score (nSPS) is 34.6. The molecule has 162 valence electrons. The van der Waals surface area contributed by atoms with Gasteiger partial charge in [0.1, 0.15) is 5.75 Å². The highest BCUT2D eigenvalue weighted by molar-refractivity contribution is 6.07. The summed E-state index contributed by atoms with van der Waals surface area (Å²) in [6.07, 6.45) is 2.89. The molecule has 2 heterocycles. The van der Waals surface area contributed by atoms with Crippen LogP contribution >= 0.6 is 0 Å². The maximum absolute atomic E-state index is 13.3. The number of aromatic hydroxyl groups is 1. The summed E-state index contributed by atoms with van der Waals surface area (Å²) < 4.78 is 0. The van der Waals surface area contributed by atoms with Gasteiger partial charge in [0, 0.05) is 19.0 Å². The van der Waals surface area contributed by atoms with Crippen LogP contribution in [0.3, 0.4) is 0 Å². The third-order valence-electron chi connectivity index (χ3n) is 7.69. The van der Waals surface area contributed by atoms with E-state index in [-0.39, 0.29) is 41.2 Å². The van der Waals surface area contributed by atoms with E-state index in [9.17, 15) is 24.3 Å². The lowest BCUT2D eigenvalue weighted by atomic mass is 9.57. The average Bonchev–Trinajstić information content (AvgIpc) is 3.15. The molecule has 0 spiro atoms. The van der Waals surface area contributed by atoms with E-state index in [0.717, 1.165) is 11.1 Å². The largest absolute Gasteiger partial charge is 0.508 e. The van der Waals surface area contributed by atoms with Crippen molar-refractivity contribution in [1.82, 2.24) is 9.80 Å². The van der Waals surface area contributed by atoms with Crippen LogP contribution in [-0.4, -0.2) is 51.6 Å². The van der Waals surface area contributed by atoms with Crippen LogP contribution in [-0.2, 0) is 19.2 Å². The van der Waals surface area contributed by atoms with Crippen molar-refractivity contribution in [3.63, 3.8) is 0 Å². The van der Waals surface area contributed by atoms with Crippen molar-refractivity contribution in [3.05, 3.63) is 41.5 Å². The number of phenols is 1. The number of fused-ring (bicyclic) bond motifs is 4. The van der Waals surface area contributed by atoms with Gasteiger partial charge in [-0.25, -0.2) is 0 Å². The smallest absolute Gasteiger partial charge is 0.234 e. The van der Waals surface area contributed by atoms with Crippen molar-refractivity contribution >= 4 is 23.6 Å². The second-order valence-electron chi connectivity index (χ2n) is 8.96. The maximum Gasteiger partial charge on any atom is 0.234 e. The highest BCUT2D eigenvalue weighted by Gasteiger charge is 2.61. The number of amides is 4. The minimum atomic E-state index is -0.539. The number of hydrogen-bond donors (Lipinski definition) is 1. The van der Waals surface area contributed by atoms with Gasteiger partial charge in [-0.1, -0.05) is 23.8 Å². The number of nitrogens with zero attached hydrogens (tertiary/aromatic N) is 2. The lowest BCUT2D eigenvalue weighted by Gasteiger charge is -2.44. The highest BCUT2D eigenvalue weighted by Crippen LogP contribution is 2.57. The molecule has 1 saturated carbocycles. The molecule has 1 N–H and O–H groups in total. The first kappa shape index (κ1) is 20.0. The molecule has 2 saturated heterocycles. The van der Waals surface area contributed by atoms with Crippen molar-refractivity contribution < 1.29 is 24.3 Å². The second kappa shape index (κ2) is 7.04. The Hall–Kier alpha value is -2.96. The number of allylic oxidation sites excluding steroid dienone is 2. The Morgan fingerprint density at radius 1 is 0.871 bits per heavy atom. The van der Waals surface area contributed by atoms with Gasteiger partial charge in [0.05, 0.1) is 23.7 Å². The van der Waals surface area contributed by atoms with E-state index in [4.69, 9.17) is 0 Å². The standard InChI is InChI=1S/C24H26N2O5/c1-3-25-21(28)15-9-8-14-16(19(15)23(25)30)11-17-20(24(31)26(4-2)22(17)29)18(14)12-6-5-7-13(27)10-12/h5-8,10,15-20,27H,3-4,9,11H2,1-2H3/t15-,16+,17+,18-,19-,20+/m0/s1. The van der Waals surface area contributed by atoms with Gasteiger partial charge in [0.25, 0.3) is 0 Å². The van der Waals surface area contributed by atoms with Crippen LogP contribution in [0, 0.1) is 29.6 Å². The predicted molar refractivity (Wildman–Crippen MR) is 110 cm³/mol. The number of imide groups is 2. The first-order chi connectivity index (χ1) is 14.9. The van der Waals surface area contributed by atoms with E-state index in [1.807, 2.05) is 12.1 Å². The average molecular weight is 422 g/mol. The van der Waals surface area contributed by atoms with Crippen LogP contribution in [0.4, 0.5) is 0 Å². The van der Waals surface area contributed by atoms with Crippen molar-refractivity contribution in [2.24, 2.45) is 29.6 Å². The molecule has 2 aliphatic heterocycles. The van der Waals surface area contributed by atoms with Crippen molar-refractivity contribution in [2.75, 3.05) is 13.1 Å². The molecule has 4 amide bonds. The molecule has 2 aliphatic carbocycles. The first-order valence-electron chi connectivity index (χ1n) is 11.1. The number of benzene rings is 1. The predicted octanol–water partition coefficient (Wildman–Crippen LogP) is 2.07. The maximum atomic E-state index is 13.3. The molecule has 31 heavy (non-hydrogen) atoms. The zero-order valence-electron chi connectivity index (χ0n) is 17.7. The van der Waals surface area contributed by atoms with E-state index in [0.29, 0.717) is 25.9 Å². The molecule has 7 heteroatoms. The Kier molecular flexibility index (Phi) is 4.53. The van der Waals surface area contributed by atoms with Crippen LogP contribution in [0.2, 0.25) is 0 Å². The molecule has 0 unspecified atom stereocenters. The second-order valence-corrected chi connectivity index (χ2v) is 8.96. The molecule has 0 radical (unpaired) electrons. The van der Waals surface area contributed by atoms with Crippen LogP contribution in [0.5, 0.6) is 5.75 Å². The van der Waals surface area contributed by atoms with E-state index < -0.39 is 23.7 Å². The molecule has 6 atom stereocenters. The van der Waals surface area contributed by atoms with Gasteiger partial charge in [-0.15, -0.1) is 0 Å². The summed E-state index contributed by atoms with van der Waals surface area (Å²) in [5.74, 6) is -3.13. The van der Waals surface area contributed by atoms with E-state index >= 15 is 0 Å². The monoisotopic (exact) mass is 422 g/mol. The van der Waals surface area contributed by atoms with Crippen molar-refractivity contribution in [1.29, 1.82) is 0 Å². The Labute approximate surface area is 180 Å². The summed E-state index contributed by atoms with van der Waals surface area (Å²) in [5.41, 5.74) is 1.74. The summed E-state index contributed by atoms with van der Waals surface area (Å²) in [4.78, 5) is 55.0. The summed E-state index contributed by atoms with van der Waals surface area (Å²) in [7, 11) is 0. The van der Waals surface area contributed by atoms with Crippen LogP contribution < -0.4 is 0 Å². The fraction of sp³-hybridized carbons (Fsp3) is 0.500. The van der Waals surface area contributed by atoms with Crippen LogP contribution in [0.25, 0.3) is 0 Å². The van der Waals surface area contributed by atoms with Crippen molar-refractivity contribution in [3.8, 4) is 5.75 Å². The molecule has 4 aliphatic rings. The molecule has 0 bridgehead atoms. The zero-order valence-corrected chi connectivity index (χ0v) is 17.7. The number of carbonyl (C=O) groups is 4. The molecular formula is C24H26N2O5. The van der Waals surface area contributed by atoms with Crippen LogP contribution in [0.1, 0.15) is 38.2 Å². The zero-order chi connectivity index (χ0) is 22.0. The minimum absolute atomic E-state index is 0.0962. The van der Waals surface area contributed by atoms with Gasteiger partial charge in [-0.05, 0) is 50.3 Å². The third kappa shape index (κ3) is 2.65. The summed E-state index contributed by atoms with van der Waals surface area (Å²) in [5, 5.41) is 10.1. The summed E-state index contributed by atoms with van der Waals surface area (Å²) in [6, 6.07) is 6.81. The topological polar surface area (TPSA) is 95.0 Å². The minimum Gasteiger partial charge on any atom is -0.508 e. The number of carbonyl (C=O) groups excluding carboxylic acids is 4. The van der Waals surface area contributed by atoms with Gasteiger partial charge in [-0.3, -0.25) is 29.0 Å². The Morgan fingerprint density at radius 2 is 1.52 bits per heavy atom. The Balaban J connectivity index is 1.65. The summed E-state index contributed by atoms with van der Waals surface area (Å²) >= 11 is 0. The number of likely N-dealkylation sites (tertiary alicyclic amines) is 2. The lowest BCUT2D eigenvalue weighted by Crippen LogP contribution is -2.43. The van der Waals surface area contributed by atoms with Crippen molar-refractivity contribution in [2.45, 2.75) is 32.6 Å². The SMILES string of the molecule is CCN1C(=O)[C@H]2[C@H](CC=C3[C@H]2C[C@H]2C(=O)N(CC)C(=O)[C@H]2[C@H]3c2cccc(O)c2)C1=O. The van der Waals surface area contributed by atoms with Gasteiger partial charge >= 0.3 is 0 Å². The number of phenolic OH excluding ortho intramolecular Hbond substituents is 1. The fourth-order valence-corrected chi connectivity index (χ4v) is 6.44. The lowest BCUT2D eigenvalue weighted by molar-refractivity contribution is -0.141. The van der Waals surface area contributed by atoms with E-state index in [2.05, 4.69) is 0 Å². The van der Waals surface area contributed by atoms with Gasteiger partial charge in [0.2, 0.25) is 23.6 Å². The molecule has 1 aromatic rings. The Bertz CT molecular complexity index is 1030. The van der Waals surface area contributed by atoms with Gasteiger partial charge in [-0.2, -0.15) is 0 Å². The molecule has 1 aromatic carbocycles. The number of hydrogen-bond acceptors (Lipinski definition) is 5. The van der Waals surface area contributed by atoms with E-state index in [1.54, 1.807) is 32.0 Å². The van der Waals surface area contributed by atoms with Gasteiger partial charge in [0.15, 0.2) is 0 Å². The van der Waals surface area contributed by atoms with Gasteiger partial charge < -0.3 is 5.11 Å². The molecule has 5 rings (SSSR count). The fourth-order valence-electron chi connectivity index (χ4n) is 6.44. The number of rotatable bonds is 3. The third-order valence-corrected chi connectivity index (χ3v) is 7.69. The molecular weight excluding hydrogens is 396 g/mol. The van der Waals surface area contributed by atoms with E-state index in [1.165, 1.54) is 9.80 Å². The molecule has 7 nitrogen and oxygen atoms in total. The molecule has 3 fully saturated rings. The molecule has 0 aromatic heterocycles. The first-order valence-corrected chi connectivity index (χ1v) is 11.1. The summed E-state index contributed by atoms with van der Waals surface area (Å²) in [6.45, 7) is 4.24. The highest BCUT2D eigenvalue weighted by atomic mass is 16.3. The Morgan fingerprint density at radius 3 is 2.16 bits per heavy atom. The quantitative estimate of drug-likeness (QED) is 0.594.